The van der Waals surface area contributed by atoms with Crippen LogP contribution in [0.2, 0.25) is 0 Å². The number of cyclic esters (lactones) is 1. The van der Waals surface area contributed by atoms with E-state index in [4.69, 9.17) is 4.74 Å². The highest BCUT2D eigenvalue weighted by atomic mass is 19.1. The second kappa shape index (κ2) is 6.02. The molecule has 0 aromatic heterocycles. The first kappa shape index (κ1) is 15.3. The Morgan fingerprint density at radius 1 is 0.960 bits per heavy atom. The number of benzene rings is 3. The van der Waals surface area contributed by atoms with Crippen molar-refractivity contribution in [3.05, 3.63) is 94.8 Å². The van der Waals surface area contributed by atoms with E-state index in [9.17, 15) is 9.18 Å². The molecule has 0 atom stereocenters. The lowest BCUT2D eigenvalue weighted by molar-refractivity contribution is -0.130. The van der Waals surface area contributed by atoms with Crippen molar-refractivity contribution in [2.24, 2.45) is 0 Å². The Hall–Kier alpha value is -3.20. The SMILES string of the molecule is Cc1ccc2cc(C3=C/C(=C\c4ccccc4F)C(=O)O3)ccc2c1. The van der Waals surface area contributed by atoms with Gasteiger partial charge in [-0.3, -0.25) is 0 Å². The van der Waals surface area contributed by atoms with E-state index >= 15 is 0 Å². The summed E-state index contributed by atoms with van der Waals surface area (Å²) in [5.74, 6) is -0.358. The van der Waals surface area contributed by atoms with Gasteiger partial charge in [-0.1, -0.05) is 54.1 Å². The highest BCUT2D eigenvalue weighted by Crippen LogP contribution is 2.30. The minimum atomic E-state index is -0.470. The average Bonchev–Trinajstić information content (AvgIpc) is 2.97. The van der Waals surface area contributed by atoms with E-state index in [1.165, 1.54) is 17.7 Å². The van der Waals surface area contributed by atoms with E-state index in [0.29, 0.717) is 16.9 Å². The largest absolute Gasteiger partial charge is 0.422 e. The third-order valence-electron chi connectivity index (χ3n) is 4.22. The number of halogens is 1. The van der Waals surface area contributed by atoms with Gasteiger partial charge in [-0.05, 0) is 42.0 Å². The summed E-state index contributed by atoms with van der Waals surface area (Å²) in [5, 5.41) is 2.21. The summed E-state index contributed by atoms with van der Waals surface area (Å²) >= 11 is 0. The first-order chi connectivity index (χ1) is 12.1. The molecule has 0 saturated heterocycles. The van der Waals surface area contributed by atoms with Crippen LogP contribution in [0.1, 0.15) is 16.7 Å². The minimum absolute atomic E-state index is 0.337. The summed E-state index contributed by atoms with van der Waals surface area (Å²) in [6.45, 7) is 2.05. The van der Waals surface area contributed by atoms with Gasteiger partial charge in [0.15, 0.2) is 0 Å². The summed E-state index contributed by atoms with van der Waals surface area (Å²) in [6.07, 6.45) is 3.17. The fraction of sp³-hybridized carbons (Fsp3) is 0.0455. The van der Waals surface area contributed by atoms with Crippen LogP contribution in [0, 0.1) is 12.7 Å². The second-order valence-corrected chi connectivity index (χ2v) is 6.08. The number of carbonyl (C=O) groups excluding carboxylic acids is 1. The topological polar surface area (TPSA) is 26.3 Å². The quantitative estimate of drug-likeness (QED) is 0.473. The van der Waals surface area contributed by atoms with Crippen LogP contribution >= 0.6 is 0 Å². The van der Waals surface area contributed by atoms with Crippen molar-refractivity contribution in [1.29, 1.82) is 0 Å². The molecule has 122 valence electrons. The molecule has 0 aliphatic carbocycles. The van der Waals surface area contributed by atoms with Gasteiger partial charge in [-0.15, -0.1) is 0 Å². The molecule has 0 N–H and O–H groups in total. The summed E-state index contributed by atoms with van der Waals surface area (Å²) in [4.78, 5) is 12.1. The van der Waals surface area contributed by atoms with Crippen LogP contribution in [-0.4, -0.2) is 5.97 Å². The van der Waals surface area contributed by atoms with Gasteiger partial charge in [0, 0.05) is 11.1 Å². The third kappa shape index (κ3) is 2.96. The number of aryl methyl sites for hydroxylation is 1. The van der Waals surface area contributed by atoms with Gasteiger partial charge >= 0.3 is 5.97 Å². The minimum Gasteiger partial charge on any atom is -0.422 e. The molecule has 3 heteroatoms. The average molecular weight is 330 g/mol. The van der Waals surface area contributed by atoms with Crippen LogP contribution in [0.15, 0.2) is 72.3 Å². The molecule has 4 rings (SSSR count). The number of rotatable bonds is 2. The van der Waals surface area contributed by atoms with Crippen LogP contribution in [0.5, 0.6) is 0 Å². The lowest BCUT2D eigenvalue weighted by atomic mass is 10.0. The maximum atomic E-state index is 13.8. The first-order valence-electron chi connectivity index (χ1n) is 8.01. The molecule has 1 aliphatic heterocycles. The highest BCUT2D eigenvalue weighted by Gasteiger charge is 2.22. The number of hydrogen-bond donors (Lipinski definition) is 0. The van der Waals surface area contributed by atoms with E-state index < -0.39 is 5.97 Å². The molecular weight excluding hydrogens is 315 g/mol. The van der Waals surface area contributed by atoms with Crippen LogP contribution in [0.4, 0.5) is 4.39 Å². The molecular formula is C22H15FO2. The van der Waals surface area contributed by atoms with Crippen molar-refractivity contribution in [3.63, 3.8) is 0 Å². The van der Waals surface area contributed by atoms with Gasteiger partial charge in [0.2, 0.25) is 0 Å². The lowest BCUT2D eigenvalue weighted by Crippen LogP contribution is -1.97. The number of hydrogen-bond acceptors (Lipinski definition) is 2. The van der Waals surface area contributed by atoms with Gasteiger partial charge in [-0.2, -0.15) is 0 Å². The van der Waals surface area contributed by atoms with Crippen molar-refractivity contribution in [2.45, 2.75) is 6.92 Å². The Kier molecular flexibility index (Phi) is 3.69. The summed E-state index contributed by atoms with van der Waals surface area (Å²) < 4.78 is 19.2. The monoisotopic (exact) mass is 330 g/mol. The Morgan fingerprint density at radius 2 is 1.72 bits per heavy atom. The molecule has 1 aliphatic rings. The molecule has 0 spiro atoms. The summed E-state index contributed by atoms with van der Waals surface area (Å²) in [7, 11) is 0. The second-order valence-electron chi connectivity index (χ2n) is 6.08. The van der Waals surface area contributed by atoms with E-state index in [1.54, 1.807) is 24.3 Å². The van der Waals surface area contributed by atoms with Crippen molar-refractivity contribution >= 4 is 28.6 Å². The zero-order valence-corrected chi connectivity index (χ0v) is 13.6. The van der Waals surface area contributed by atoms with Crippen molar-refractivity contribution in [2.75, 3.05) is 0 Å². The molecule has 25 heavy (non-hydrogen) atoms. The standard InChI is InChI=1S/C22H15FO2/c1-14-6-7-16-11-18(9-8-15(16)10-14)21-13-19(22(24)25-21)12-17-4-2-3-5-20(17)23/h2-13H,1H3/b19-12+. The summed E-state index contributed by atoms with van der Waals surface area (Å²) in [6, 6.07) is 18.4. The Bertz CT molecular complexity index is 1060. The molecule has 3 aromatic rings. The molecule has 3 aromatic carbocycles. The molecule has 2 nitrogen and oxygen atoms in total. The molecule has 0 saturated carbocycles. The van der Waals surface area contributed by atoms with E-state index in [2.05, 4.69) is 13.0 Å². The summed E-state index contributed by atoms with van der Waals surface area (Å²) in [5.41, 5.74) is 2.72. The van der Waals surface area contributed by atoms with Crippen molar-refractivity contribution < 1.29 is 13.9 Å². The Balaban J connectivity index is 1.73. The van der Waals surface area contributed by atoms with E-state index in [-0.39, 0.29) is 5.82 Å². The number of fused-ring (bicyclic) bond motifs is 1. The van der Waals surface area contributed by atoms with Crippen molar-refractivity contribution in [3.8, 4) is 0 Å². The fourth-order valence-corrected chi connectivity index (χ4v) is 2.91. The molecule has 0 fully saturated rings. The molecule has 0 amide bonds. The fourth-order valence-electron chi connectivity index (χ4n) is 2.91. The van der Waals surface area contributed by atoms with Crippen LogP contribution in [0.25, 0.3) is 22.6 Å². The molecule has 0 radical (unpaired) electrons. The van der Waals surface area contributed by atoms with E-state index in [1.807, 2.05) is 30.3 Å². The van der Waals surface area contributed by atoms with Gasteiger partial charge in [0.1, 0.15) is 11.6 Å². The highest BCUT2D eigenvalue weighted by molar-refractivity contribution is 6.05. The van der Waals surface area contributed by atoms with Crippen LogP contribution < -0.4 is 0 Å². The van der Waals surface area contributed by atoms with E-state index in [0.717, 1.165) is 16.3 Å². The number of carbonyl (C=O) groups is 1. The zero-order valence-electron chi connectivity index (χ0n) is 13.6. The smallest absolute Gasteiger partial charge is 0.343 e. The lowest BCUT2D eigenvalue weighted by Gasteiger charge is -2.05. The van der Waals surface area contributed by atoms with Crippen molar-refractivity contribution in [1.82, 2.24) is 0 Å². The zero-order chi connectivity index (χ0) is 17.4. The molecule has 0 unspecified atom stereocenters. The van der Waals surface area contributed by atoms with Gasteiger partial charge < -0.3 is 4.74 Å². The van der Waals surface area contributed by atoms with Gasteiger partial charge in [0.05, 0.1) is 5.57 Å². The predicted octanol–water partition coefficient (Wildman–Crippen LogP) is 5.27. The predicted molar refractivity (Wildman–Crippen MR) is 97.1 cm³/mol. The van der Waals surface area contributed by atoms with Crippen LogP contribution in [0.3, 0.4) is 0 Å². The normalized spacial score (nSPS) is 15.5. The van der Waals surface area contributed by atoms with Gasteiger partial charge in [-0.25, -0.2) is 9.18 Å². The number of ether oxygens (including phenoxy) is 1. The maximum absolute atomic E-state index is 13.8. The van der Waals surface area contributed by atoms with Crippen LogP contribution in [-0.2, 0) is 9.53 Å². The molecule has 1 heterocycles. The number of esters is 1. The first-order valence-corrected chi connectivity index (χ1v) is 8.01. The van der Waals surface area contributed by atoms with Gasteiger partial charge in [0.25, 0.3) is 0 Å². The molecule has 0 bridgehead atoms. The maximum Gasteiger partial charge on any atom is 0.343 e. The Morgan fingerprint density at radius 3 is 2.56 bits per heavy atom. The third-order valence-corrected chi connectivity index (χ3v) is 4.22. The Labute approximate surface area is 144 Å².